The molecule has 0 amide bonds. The fourth-order valence-corrected chi connectivity index (χ4v) is 7.45. The SMILES string of the molecule is Cc1cc(S(=O)(=O)O)c(C(C)C)cc1OC(=O)C1C2CC3C(OC(=O)C31)C2OC(=O)c1ccccc1I. The predicted molar refractivity (Wildman–Crippen MR) is 138 cm³/mol. The minimum Gasteiger partial charge on any atom is -0.458 e. The van der Waals surface area contributed by atoms with E-state index in [2.05, 4.69) is 0 Å². The van der Waals surface area contributed by atoms with Gasteiger partial charge >= 0.3 is 17.9 Å². The van der Waals surface area contributed by atoms with E-state index in [1.165, 1.54) is 12.1 Å². The topological polar surface area (TPSA) is 133 Å². The molecule has 11 heteroatoms. The summed E-state index contributed by atoms with van der Waals surface area (Å²) in [5.74, 6) is -4.12. The second-order valence-corrected chi connectivity index (χ2v) is 12.6. The molecule has 2 saturated carbocycles. The quantitative estimate of drug-likeness (QED) is 0.216. The first-order chi connectivity index (χ1) is 17.4. The number of carbonyl (C=O) groups is 3. The third-order valence-electron chi connectivity index (χ3n) is 7.57. The zero-order valence-corrected chi connectivity index (χ0v) is 23.2. The van der Waals surface area contributed by atoms with Gasteiger partial charge in [-0.25, -0.2) is 4.79 Å². The van der Waals surface area contributed by atoms with Gasteiger partial charge in [-0.2, -0.15) is 8.42 Å². The zero-order valence-electron chi connectivity index (χ0n) is 20.2. The van der Waals surface area contributed by atoms with E-state index in [-0.39, 0.29) is 22.5 Å². The van der Waals surface area contributed by atoms with Crippen LogP contribution in [0.2, 0.25) is 0 Å². The number of benzene rings is 2. The smallest absolute Gasteiger partial charge is 0.339 e. The van der Waals surface area contributed by atoms with E-state index in [9.17, 15) is 27.4 Å². The number of fused-ring (bicyclic) bond motifs is 1. The molecule has 0 radical (unpaired) electrons. The van der Waals surface area contributed by atoms with E-state index in [1.54, 1.807) is 45.0 Å². The monoisotopic (exact) mass is 640 g/mol. The van der Waals surface area contributed by atoms with Crippen molar-refractivity contribution in [1.82, 2.24) is 0 Å². The van der Waals surface area contributed by atoms with E-state index < -0.39 is 58.0 Å². The Balaban J connectivity index is 1.42. The maximum Gasteiger partial charge on any atom is 0.339 e. The highest BCUT2D eigenvalue weighted by Gasteiger charge is 2.70. The van der Waals surface area contributed by atoms with Gasteiger partial charge in [0.2, 0.25) is 0 Å². The third kappa shape index (κ3) is 4.44. The van der Waals surface area contributed by atoms with Crippen molar-refractivity contribution in [2.24, 2.45) is 23.7 Å². The van der Waals surface area contributed by atoms with Crippen molar-refractivity contribution < 1.29 is 41.6 Å². The molecular formula is C26H25IO9S. The second-order valence-electron chi connectivity index (χ2n) is 10.1. The second kappa shape index (κ2) is 9.35. The van der Waals surface area contributed by atoms with E-state index in [1.807, 2.05) is 22.6 Å². The van der Waals surface area contributed by atoms with Gasteiger partial charge in [0.1, 0.15) is 18.0 Å². The summed E-state index contributed by atoms with van der Waals surface area (Å²) in [7, 11) is -4.48. The molecule has 0 spiro atoms. The van der Waals surface area contributed by atoms with Crippen molar-refractivity contribution in [1.29, 1.82) is 0 Å². The highest BCUT2D eigenvalue weighted by molar-refractivity contribution is 14.1. The van der Waals surface area contributed by atoms with Crippen LogP contribution in [0.1, 0.15) is 47.7 Å². The number of hydrogen-bond acceptors (Lipinski definition) is 8. The van der Waals surface area contributed by atoms with Crippen LogP contribution in [0.3, 0.4) is 0 Å². The van der Waals surface area contributed by atoms with Gasteiger partial charge in [0.05, 0.1) is 22.3 Å². The molecule has 1 N–H and O–H groups in total. The van der Waals surface area contributed by atoms with Crippen molar-refractivity contribution in [3.8, 4) is 5.75 Å². The molecule has 1 heterocycles. The van der Waals surface area contributed by atoms with Crippen LogP contribution in [-0.4, -0.2) is 43.1 Å². The normalized spacial score (nSPS) is 27.9. The first-order valence-corrected chi connectivity index (χ1v) is 14.4. The average Bonchev–Trinajstić information content (AvgIpc) is 3.43. The zero-order chi connectivity index (χ0) is 26.8. The average molecular weight is 640 g/mol. The van der Waals surface area contributed by atoms with Gasteiger partial charge in [-0.3, -0.25) is 14.1 Å². The van der Waals surface area contributed by atoms with Crippen molar-refractivity contribution in [2.45, 2.75) is 50.2 Å². The maximum absolute atomic E-state index is 13.5. The van der Waals surface area contributed by atoms with Gasteiger partial charge < -0.3 is 14.2 Å². The number of aryl methyl sites for hydroxylation is 1. The Morgan fingerprint density at radius 2 is 1.86 bits per heavy atom. The number of esters is 3. The minimum atomic E-state index is -4.48. The molecule has 37 heavy (non-hydrogen) atoms. The fourth-order valence-electron chi connectivity index (χ4n) is 5.92. The highest BCUT2D eigenvalue weighted by atomic mass is 127. The lowest BCUT2D eigenvalue weighted by Gasteiger charge is -2.30. The molecule has 6 atom stereocenters. The van der Waals surface area contributed by atoms with Gasteiger partial charge in [0, 0.05) is 15.4 Å². The lowest BCUT2D eigenvalue weighted by Crippen LogP contribution is -2.44. The summed E-state index contributed by atoms with van der Waals surface area (Å²) in [6.45, 7) is 5.07. The number of rotatable bonds is 6. The Kier molecular flexibility index (Phi) is 6.60. The van der Waals surface area contributed by atoms with Crippen LogP contribution in [0, 0.1) is 34.2 Å². The standard InChI is InChI=1S/C26H25IO9S/c1-11(2)14-10-18(12(3)8-19(14)37(31,32)33)34-25(29)20-15-9-16-21(20)26(30)36-23(16)22(15)35-24(28)13-6-4-5-7-17(13)27/h4-8,10-11,15-16,20-23H,9H2,1-3H3,(H,31,32,33). The maximum atomic E-state index is 13.5. The van der Waals surface area contributed by atoms with Crippen LogP contribution < -0.4 is 4.74 Å². The number of carbonyl (C=O) groups excluding carboxylic acids is 3. The summed E-state index contributed by atoms with van der Waals surface area (Å²) < 4.78 is 51.2. The predicted octanol–water partition coefficient (Wildman–Crippen LogP) is 3.91. The summed E-state index contributed by atoms with van der Waals surface area (Å²) in [5.41, 5.74) is 1.03. The summed E-state index contributed by atoms with van der Waals surface area (Å²) in [6.07, 6.45) is -0.883. The summed E-state index contributed by atoms with van der Waals surface area (Å²) >= 11 is 2.04. The van der Waals surface area contributed by atoms with Crippen LogP contribution >= 0.6 is 22.6 Å². The Morgan fingerprint density at radius 1 is 1.16 bits per heavy atom. The van der Waals surface area contributed by atoms with E-state index in [4.69, 9.17) is 14.2 Å². The van der Waals surface area contributed by atoms with Gasteiger partial charge in [-0.05, 0) is 77.2 Å². The van der Waals surface area contributed by atoms with Gasteiger partial charge in [-0.1, -0.05) is 26.0 Å². The van der Waals surface area contributed by atoms with Crippen LogP contribution in [-0.2, 0) is 29.2 Å². The fraction of sp³-hybridized carbons (Fsp3) is 0.423. The first-order valence-electron chi connectivity index (χ1n) is 11.9. The lowest BCUT2D eigenvalue weighted by molar-refractivity contribution is -0.149. The largest absolute Gasteiger partial charge is 0.458 e. The molecule has 196 valence electrons. The molecular weight excluding hydrogens is 615 g/mol. The molecule has 2 aromatic carbocycles. The van der Waals surface area contributed by atoms with Crippen molar-refractivity contribution in [2.75, 3.05) is 0 Å². The molecule has 2 bridgehead atoms. The Morgan fingerprint density at radius 3 is 2.51 bits per heavy atom. The molecule has 1 saturated heterocycles. The van der Waals surface area contributed by atoms with Crippen LogP contribution in [0.4, 0.5) is 0 Å². The minimum absolute atomic E-state index is 0.138. The number of halogens is 1. The molecule has 2 aliphatic carbocycles. The molecule has 9 nitrogen and oxygen atoms in total. The van der Waals surface area contributed by atoms with Crippen molar-refractivity contribution in [3.63, 3.8) is 0 Å². The molecule has 3 aliphatic rings. The Labute approximate surface area is 227 Å². The molecule has 2 aromatic rings. The van der Waals surface area contributed by atoms with Crippen molar-refractivity contribution in [3.05, 3.63) is 56.7 Å². The van der Waals surface area contributed by atoms with E-state index in [0.717, 1.165) is 3.57 Å². The highest BCUT2D eigenvalue weighted by Crippen LogP contribution is 2.59. The van der Waals surface area contributed by atoms with Crippen molar-refractivity contribution >= 4 is 50.6 Å². The molecule has 5 rings (SSSR count). The Hall–Kier alpha value is -2.51. The molecule has 1 aliphatic heterocycles. The lowest BCUT2D eigenvalue weighted by atomic mass is 9.78. The van der Waals surface area contributed by atoms with E-state index in [0.29, 0.717) is 23.1 Å². The van der Waals surface area contributed by atoms with Gasteiger partial charge in [0.25, 0.3) is 10.1 Å². The summed E-state index contributed by atoms with van der Waals surface area (Å²) in [6, 6.07) is 9.66. The summed E-state index contributed by atoms with van der Waals surface area (Å²) in [5, 5.41) is 0. The third-order valence-corrected chi connectivity index (χ3v) is 9.42. The van der Waals surface area contributed by atoms with E-state index >= 15 is 0 Å². The summed E-state index contributed by atoms with van der Waals surface area (Å²) in [4.78, 5) is 38.9. The van der Waals surface area contributed by atoms with Crippen LogP contribution in [0.15, 0.2) is 41.3 Å². The Bertz CT molecular complexity index is 1420. The number of hydrogen-bond donors (Lipinski definition) is 1. The number of ether oxygens (including phenoxy) is 3. The van der Waals surface area contributed by atoms with Crippen LogP contribution in [0.25, 0.3) is 0 Å². The van der Waals surface area contributed by atoms with Gasteiger partial charge in [-0.15, -0.1) is 0 Å². The van der Waals surface area contributed by atoms with Crippen LogP contribution in [0.5, 0.6) is 5.75 Å². The first kappa shape index (κ1) is 26.1. The molecule has 6 unspecified atom stereocenters. The molecule has 0 aromatic heterocycles. The molecule has 3 fully saturated rings. The van der Waals surface area contributed by atoms with Gasteiger partial charge in [0.15, 0.2) is 0 Å².